The second-order valence-electron chi connectivity index (χ2n) is 7.76. The van der Waals surface area contributed by atoms with Gasteiger partial charge in [-0.05, 0) is 35.2 Å². The van der Waals surface area contributed by atoms with Crippen molar-refractivity contribution in [2.45, 2.75) is 25.4 Å². The van der Waals surface area contributed by atoms with Crippen LogP contribution in [0.15, 0.2) is 84.9 Å². The molecule has 1 N–H and O–H groups in total. The summed E-state index contributed by atoms with van der Waals surface area (Å²) in [7, 11) is 1.63. The first-order chi connectivity index (χ1) is 16.1. The highest BCUT2D eigenvalue weighted by Gasteiger charge is 2.31. The third kappa shape index (κ3) is 7.45. The Bertz CT molecular complexity index is 1010. The van der Waals surface area contributed by atoms with Crippen LogP contribution in [-0.2, 0) is 27.3 Å². The lowest BCUT2D eigenvalue weighted by molar-refractivity contribution is -0.141. The first-order valence-electron chi connectivity index (χ1n) is 11.0. The van der Waals surface area contributed by atoms with Crippen LogP contribution in [-0.4, -0.2) is 37.0 Å². The molecule has 0 bridgehead atoms. The lowest BCUT2D eigenvalue weighted by Crippen LogP contribution is -2.44. The standard InChI is InChI=1S/C27H29ClN2O3/c1-33-18-8-17-29-27(32)26(23-11-6-3-7-12-23)30(20-22-9-4-2-5-10-22)25(31)19-21-13-15-24(28)16-14-21/h2-7,9-16,26H,8,17-20H2,1H3,(H,29,32). The summed E-state index contributed by atoms with van der Waals surface area (Å²) in [4.78, 5) is 28.6. The van der Waals surface area contributed by atoms with E-state index in [0.717, 1.165) is 16.7 Å². The summed E-state index contributed by atoms with van der Waals surface area (Å²) in [6.45, 7) is 1.35. The van der Waals surface area contributed by atoms with Gasteiger partial charge in [-0.1, -0.05) is 84.4 Å². The average molecular weight is 465 g/mol. The minimum absolute atomic E-state index is 0.137. The Morgan fingerprint density at radius 1 is 0.909 bits per heavy atom. The van der Waals surface area contributed by atoms with Crippen LogP contribution in [0, 0.1) is 0 Å². The molecule has 1 atom stereocenters. The zero-order valence-electron chi connectivity index (χ0n) is 18.7. The van der Waals surface area contributed by atoms with E-state index in [-0.39, 0.29) is 18.2 Å². The number of amides is 2. The van der Waals surface area contributed by atoms with E-state index in [4.69, 9.17) is 16.3 Å². The van der Waals surface area contributed by atoms with Gasteiger partial charge in [0.15, 0.2) is 0 Å². The third-order valence-corrected chi connectivity index (χ3v) is 5.54. The van der Waals surface area contributed by atoms with Crippen LogP contribution in [0.1, 0.15) is 29.2 Å². The Balaban J connectivity index is 1.92. The highest BCUT2D eigenvalue weighted by atomic mass is 35.5. The van der Waals surface area contributed by atoms with Gasteiger partial charge in [0, 0.05) is 31.8 Å². The molecule has 5 nitrogen and oxygen atoms in total. The molecular weight excluding hydrogens is 436 g/mol. The molecule has 172 valence electrons. The van der Waals surface area contributed by atoms with Gasteiger partial charge >= 0.3 is 0 Å². The molecule has 0 heterocycles. The molecule has 0 fully saturated rings. The molecule has 0 saturated carbocycles. The van der Waals surface area contributed by atoms with E-state index in [1.54, 1.807) is 24.1 Å². The Labute approximate surface area is 200 Å². The molecular formula is C27H29ClN2O3. The molecule has 0 aliphatic rings. The van der Waals surface area contributed by atoms with Gasteiger partial charge in [0.05, 0.1) is 6.42 Å². The Morgan fingerprint density at radius 2 is 1.55 bits per heavy atom. The number of halogens is 1. The highest BCUT2D eigenvalue weighted by Crippen LogP contribution is 2.25. The zero-order valence-corrected chi connectivity index (χ0v) is 19.5. The van der Waals surface area contributed by atoms with Crippen LogP contribution < -0.4 is 5.32 Å². The number of carbonyl (C=O) groups is 2. The molecule has 0 saturated heterocycles. The Hall–Kier alpha value is -3.15. The van der Waals surface area contributed by atoms with E-state index < -0.39 is 6.04 Å². The number of methoxy groups -OCH3 is 1. The van der Waals surface area contributed by atoms with Crippen molar-refractivity contribution in [1.29, 1.82) is 0 Å². The topological polar surface area (TPSA) is 58.6 Å². The summed E-state index contributed by atoms with van der Waals surface area (Å²) in [5, 5.41) is 3.59. The average Bonchev–Trinajstić information content (AvgIpc) is 2.84. The van der Waals surface area contributed by atoms with Gasteiger partial charge in [0.2, 0.25) is 11.8 Å². The smallest absolute Gasteiger partial charge is 0.247 e. The van der Waals surface area contributed by atoms with Crippen LogP contribution in [0.2, 0.25) is 5.02 Å². The largest absolute Gasteiger partial charge is 0.385 e. The van der Waals surface area contributed by atoms with Gasteiger partial charge < -0.3 is 15.0 Å². The number of ether oxygens (including phenoxy) is 1. The van der Waals surface area contributed by atoms with Crippen molar-refractivity contribution < 1.29 is 14.3 Å². The second-order valence-corrected chi connectivity index (χ2v) is 8.20. The molecule has 3 aromatic carbocycles. The Kier molecular flexibility index (Phi) is 9.48. The van der Waals surface area contributed by atoms with Crippen LogP contribution >= 0.6 is 11.6 Å². The SMILES string of the molecule is COCCCNC(=O)C(c1ccccc1)N(Cc1ccccc1)C(=O)Cc1ccc(Cl)cc1. The van der Waals surface area contributed by atoms with E-state index >= 15 is 0 Å². The molecule has 0 radical (unpaired) electrons. The van der Waals surface area contributed by atoms with Crippen LogP contribution in [0.25, 0.3) is 0 Å². The molecule has 0 spiro atoms. The number of rotatable bonds is 11. The fourth-order valence-electron chi connectivity index (χ4n) is 3.61. The molecule has 0 aliphatic carbocycles. The second kappa shape index (κ2) is 12.8. The lowest BCUT2D eigenvalue weighted by Gasteiger charge is -2.32. The maximum Gasteiger partial charge on any atom is 0.247 e. The quantitative estimate of drug-likeness (QED) is 0.414. The maximum absolute atomic E-state index is 13.6. The number of benzene rings is 3. The first kappa shape index (κ1) is 24.5. The minimum Gasteiger partial charge on any atom is -0.385 e. The first-order valence-corrected chi connectivity index (χ1v) is 11.4. The monoisotopic (exact) mass is 464 g/mol. The summed E-state index contributed by atoms with van der Waals surface area (Å²) >= 11 is 6.00. The van der Waals surface area contributed by atoms with Crippen molar-refractivity contribution in [3.8, 4) is 0 Å². The number of hydrogen-bond acceptors (Lipinski definition) is 3. The number of nitrogens with one attached hydrogen (secondary N) is 1. The molecule has 33 heavy (non-hydrogen) atoms. The van der Waals surface area contributed by atoms with E-state index in [2.05, 4.69) is 5.32 Å². The number of nitrogens with zero attached hydrogens (tertiary/aromatic N) is 1. The van der Waals surface area contributed by atoms with Gasteiger partial charge in [-0.2, -0.15) is 0 Å². The van der Waals surface area contributed by atoms with E-state index in [1.165, 1.54) is 0 Å². The summed E-state index contributed by atoms with van der Waals surface area (Å²) < 4.78 is 5.08. The zero-order chi connectivity index (χ0) is 23.5. The van der Waals surface area contributed by atoms with Crippen LogP contribution in [0.4, 0.5) is 0 Å². The van der Waals surface area contributed by atoms with Gasteiger partial charge in [-0.15, -0.1) is 0 Å². The summed E-state index contributed by atoms with van der Waals surface area (Å²) in [5.74, 6) is -0.347. The van der Waals surface area contributed by atoms with Crippen molar-refractivity contribution >= 4 is 23.4 Å². The van der Waals surface area contributed by atoms with Crippen LogP contribution in [0.3, 0.4) is 0 Å². The fourth-order valence-corrected chi connectivity index (χ4v) is 3.74. The van der Waals surface area contributed by atoms with Gasteiger partial charge in [-0.25, -0.2) is 0 Å². The summed E-state index contributed by atoms with van der Waals surface area (Å²) in [6.07, 6.45) is 0.867. The van der Waals surface area contributed by atoms with E-state index in [9.17, 15) is 9.59 Å². The normalized spacial score (nSPS) is 11.6. The van der Waals surface area contributed by atoms with Crippen molar-refractivity contribution in [3.63, 3.8) is 0 Å². The molecule has 2 amide bonds. The molecule has 1 unspecified atom stereocenters. The van der Waals surface area contributed by atoms with Crippen molar-refractivity contribution in [1.82, 2.24) is 10.2 Å². The molecule has 0 aromatic heterocycles. The molecule has 0 aliphatic heterocycles. The predicted octanol–water partition coefficient (Wildman–Crippen LogP) is 4.81. The predicted molar refractivity (Wildman–Crippen MR) is 131 cm³/mol. The number of hydrogen-bond donors (Lipinski definition) is 1. The van der Waals surface area contributed by atoms with Crippen molar-refractivity contribution in [2.75, 3.05) is 20.3 Å². The van der Waals surface area contributed by atoms with Gasteiger partial charge in [0.25, 0.3) is 0 Å². The summed E-state index contributed by atoms with van der Waals surface area (Å²) in [5.41, 5.74) is 2.56. The minimum atomic E-state index is -0.756. The van der Waals surface area contributed by atoms with Gasteiger partial charge in [-0.3, -0.25) is 9.59 Å². The van der Waals surface area contributed by atoms with E-state index in [1.807, 2.05) is 72.8 Å². The fraction of sp³-hybridized carbons (Fsp3) is 0.259. The Morgan fingerprint density at radius 3 is 2.18 bits per heavy atom. The molecule has 3 aromatic rings. The van der Waals surface area contributed by atoms with Crippen molar-refractivity contribution in [2.24, 2.45) is 0 Å². The van der Waals surface area contributed by atoms with Crippen LogP contribution in [0.5, 0.6) is 0 Å². The highest BCUT2D eigenvalue weighted by molar-refractivity contribution is 6.30. The molecule has 6 heteroatoms. The summed E-state index contributed by atoms with van der Waals surface area (Å²) in [6, 6.07) is 25.6. The third-order valence-electron chi connectivity index (χ3n) is 5.28. The lowest BCUT2D eigenvalue weighted by atomic mass is 10.0. The number of carbonyl (C=O) groups excluding carboxylic acids is 2. The van der Waals surface area contributed by atoms with Gasteiger partial charge in [0.1, 0.15) is 6.04 Å². The molecule has 3 rings (SSSR count). The van der Waals surface area contributed by atoms with E-state index in [0.29, 0.717) is 31.1 Å². The maximum atomic E-state index is 13.6. The van der Waals surface area contributed by atoms with Crippen molar-refractivity contribution in [3.05, 3.63) is 107 Å².